The normalized spacial score (nSPS) is 10.4. The molecule has 0 saturated carbocycles. The lowest BCUT2D eigenvalue weighted by molar-refractivity contribution is 0.0697. The van der Waals surface area contributed by atoms with Crippen molar-refractivity contribution in [3.8, 4) is 11.1 Å². The predicted octanol–water partition coefficient (Wildman–Crippen LogP) is 3.98. The second-order valence-electron chi connectivity index (χ2n) is 3.62. The van der Waals surface area contributed by atoms with Crippen molar-refractivity contribution in [2.45, 2.75) is 0 Å². The number of hydrogen-bond donors (Lipinski definition) is 1. The first-order valence-corrected chi connectivity index (χ1v) is 5.35. The van der Waals surface area contributed by atoms with Gasteiger partial charge in [0.1, 0.15) is 11.6 Å². The summed E-state index contributed by atoms with van der Waals surface area (Å²) in [5.41, 5.74) is 0.0980. The van der Waals surface area contributed by atoms with E-state index in [0.717, 1.165) is 18.2 Å². The van der Waals surface area contributed by atoms with Gasteiger partial charge in [-0.3, -0.25) is 0 Å². The van der Waals surface area contributed by atoms with Gasteiger partial charge in [-0.05, 0) is 35.9 Å². The van der Waals surface area contributed by atoms with E-state index in [9.17, 15) is 13.6 Å². The number of carboxylic acid groups (broad SMARTS) is 1. The lowest BCUT2D eigenvalue weighted by atomic mass is 10.0. The van der Waals surface area contributed by atoms with E-state index in [2.05, 4.69) is 0 Å². The Morgan fingerprint density at radius 3 is 2.50 bits per heavy atom. The highest BCUT2D eigenvalue weighted by atomic mass is 35.5. The van der Waals surface area contributed by atoms with Gasteiger partial charge >= 0.3 is 5.97 Å². The van der Waals surface area contributed by atoms with Crippen LogP contribution in [0.25, 0.3) is 11.1 Å². The van der Waals surface area contributed by atoms with E-state index in [1.807, 2.05) is 0 Å². The van der Waals surface area contributed by atoms with Crippen molar-refractivity contribution in [2.75, 3.05) is 0 Å². The molecule has 0 unspecified atom stereocenters. The Morgan fingerprint density at radius 1 is 1.11 bits per heavy atom. The number of hydrogen-bond acceptors (Lipinski definition) is 1. The Balaban J connectivity index is 2.61. The molecule has 18 heavy (non-hydrogen) atoms. The standard InChI is InChI=1S/C13H7ClF2O2/c14-11-3-1-7(5-10(11)13(17)18)9-6-8(15)2-4-12(9)16/h1-6H,(H,17,18). The second-order valence-corrected chi connectivity index (χ2v) is 4.03. The van der Waals surface area contributed by atoms with Gasteiger partial charge in [0.25, 0.3) is 0 Å². The van der Waals surface area contributed by atoms with Crippen molar-refractivity contribution < 1.29 is 18.7 Å². The van der Waals surface area contributed by atoms with Crippen LogP contribution < -0.4 is 0 Å². The van der Waals surface area contributed by atoms with E-state index in [-0.39, 0.29) is 21.7 Å². The largest absolute Gasteiger partial charge is 0.478 e. The Morgan fingerprint density at radius 2 is 1.83 bits per heavy atom. The number of halogens is 3. The van der Waals surface area contributed by atoms with Crippen molar-refractivity contribution in [3.63, 3.8) is 0 Å². The highest BCUT2D eigenvalue weighted by molar-refractivity contribution is 6.33. The summed E-state index contributed by atoms with van der Waals surface area (Å²) in [6.45, 7) is 0. The van der Waals surface area contributed by atoms with E-state index < -0.39 is 17.6 Å². The minimum Gasteiger partial charge on any atom is -0.478 e. The molecule has 0 amide bonds. The molecule has 0 aliphatic rings. The minimum atomic E-state index is -1.22. The molecular formula is C13H7ClF2O2. The molecule has 0 fully saturated rings. The van der Waals surface area contributed by atoms with Crippen molar-refractivity contribution in [1.29, 1.82) is 0 Å². The Bertz CT molecular complexity index is 626. The second kappa shape index (κ2) is 4.74. The van der Waals surface area contributed by atoms with Gasteiger partial charge in [0.15, 0.2) is 0 Å². The maximum Gasteiger partial charge on any atom is 0.337 e. The lowest BCUT2D eigenvalue weighted by Gasteiger charge is -2.06. The maximum atomic E-state index is 13.5. The van der Waals surface area contributed by atoms with Crippen LogP contribution in [0.2, 0.25) is 5.02 Å². The van der Waals surface area contributed by atoms with E-state index >= 15 is 0 Å². The van der Waals surface area contributed by atoms with Crippen molar-refractivity contribution in [3.05, 3.63) is 58.6 Å². The average Bonchev–Trinajstić information content (AvgIpc) is 2.33. The zero-order chi connectivity index (χ0) is 13.3. The third-order valence-electron chi connectivity index (χ3n) is 2.44. The van der Waals surface area contributed by atoms with Gasteiger partial charge in [0.05, 0.1) is 10.6 Å². The fourth-order valence-electron chi connectivity index (χ4n) is 1.58. The highest BCUT2D eigenvalue weighted by Crippen LogP contribution is 2.27. The van der Waals surface area contributed by atoms with Crippen LogP contribution in [-0.2, 0) is 0 Å². The number of benzene rings is 2. The fourth-order valence-corrected chi connectivity index (χ4v) is 1.77. The minimum absolute atomic E-state index is 0.00540. The van der Waals surface area contributed by atoms with Gasteiger partial charge in [-0.15, -0.1) is 0 Å². The first kappa shape index (κ1) is 12.5. The first-order chi connectivity index (χ1) is 8.49. The monoisotopic (exact) mass is 268 g/mol. The molecule has 0 atom stereocenters. The Labute approximate surface area is 106 Å². The van der Waals surface area contributed by atoms with Crippen LogP contribution in [-0.4, -0.2) is 11.1 Å². The molecule has 0 heterocycles. The number of carboxylic acids is 1. The molecule has 0 radical (unpaired) electrons. The molecule has 0 saturated heterocycles. The third-order valence-corrected chi connectivity index (χ3v) is 2.77. The van der Waals surface area contributed by atoms with Gasteiger partial charge in [0.2, 0.25) is 0 Å². The Kier molecular flexibility index (Phi) is 3.30. The number of carbonyl (C=O) groups is 1. The van der Waals surface area contributed by atoms with E-state index in [4.69, 9.17) is 16.7 Å². The topological polar surface area (TPSA) is 37.3 Å². The summed E-state index contributed by atoms with van der Waals surface area (Å²) >= 11 is 5.70. The smallest absolute Gasteiger partial charge is 0.337 e. The molecule has 0 aromatic heterocycles. The quantitative estimate of drug-likeness (QED) is 0.894. The van der Waals surface area contributed by atoms with E-state index in [1.54, 1.807) is 0 Å². The third kappa shape index (κ3) is 2.33. The molecular weight excluding hydrogens is 262 g/mol. The molecule has 92 valence electrons. The van der Waals surface area contributed by atoms with Gasteiger partial charge in [-0.2, -0.15) is 0 Å². The zero-order valence-electron chi connectivity index (χ0n) is 8.95. The highest BCUT2D eigenvalue weighted by Gasteiger charge is 2.13. The summed E-state index contributed by atoms with van der Waals surface area (Å²) in [7, 11) is 0. The number of aromatic carboxylic acids is 1. The summed E-state index contributed by atoms with van der Waals surface area (Å²) in [5.74, 6) is -2.45. The first-order valence-electron chi connectivity index (χ1n) is 4.97. The average molecular weight is 269 g/mol. The molecule has 2 nitrogen and oxygen atoms in total. The van der Waals surface area contributed by atoms with E-state index in [0.29, 0.717) is 0 Å². The molecule has 2 aromatic carbocycles. The summed E-state index contributed by atoms with van der Waals surface area (Å²) in [4.78, 5) is 10.9. The van der Waals surface area contributed by atoms with Crippen LogP contribution in [0.5, 0.6) is 0 Å². The maximum absolute atomic E-state index is 13.5. The SMILES string of the molecule is O=C(O)c1cc(-c2cc(F)ccc2F)ccc1Cl. The van der Waals surface area contributed by atoms with Crippen molar-refractivity contribution >= 4 is 17.6 Å². The predicted molar refractivity (Wildman–Crippen MR) is 63.8 cm³/mol. The van der Waals surface area contributed by atoms with Crippen molar-refractivity contribution in [2.24, 2.45) is 0 Å². The molecule has 0 spiro atoms. The molecule has 2 rings (SSSR count). The van der Waals surface area contributed by atoms with Gasteiger partial charge < -0.3 is 5.11 Å². The molecule has 0 aliphatic carbocycles. The van der Waals surface area contributed by atoms with Gasteiger partial charge in [-0.25, -0.2) is 13.6 Å². The van der Waals surface area contributed by atoms with Crippen LogP contribution >= 0.6 is 11.6 Å². The summed E-state index contributed by atoms with van der Waals surface area (Å²) in [6, 6.07) is 6.97. The van der Waals surface area contributed by atoms with Gasteiger partial charge in [0, 0.05) is 5.56 Å². The van der Waals surface area contributed by atoms with Crippen LogP contribution in [0, 0.1) is 11.6 Å². The van der Waals surface area contributed by atoms with Crippen LogP contribution in [0.15, 0.2) is 36.4 Å². The molecule has 0 bridgehead atoms. The van der Waals surface area contributed by atoms with Crippen molar-refractivity contribution in [1.82, 2.24) is 0 Å². The summed E-state index contributed by atoms with van der Waals surface area (Å²) in [6.07, 6.45) is 0. The summed E-state index contributed by atoms with van der Waals surface area (Å²) in [5, 5.41) is 8.95. The zero-order valence-corrected chi connectivity index (χ0v) is 9.71. The summed E-state index contributed by atoms with van der Waals surface area (Å²) < 4.78 is 26.6. The molecule has 0 aliphatic heterocycles. The van der Waals surface area contributed by atoms with Crippen LogP contribution in [0.1, 0.15) is 10.4 Å². The molecule has 1 N–H and O–H groups in total. The Hall–Kier alpha value is -1.94. The van der Waals surface area contributed by atoms with Crippen LogP contribution in [0.3, 0.4) is 0 Å². The van der Waals surface area contributed by atoms with Gasteiger partial charge in [-0.1, -0.05) is 17.7 Å². The van der Waals surface area contributed by atoms with Crippen LogP contribution in [0.4, 0.5) is 8.78 Å². The molecule has 2 aromatic rings. The molecule has 5 heteroatoms. The lowest BCUT2D eigenvalue weighted by Crippen LogP contribution is -1.98. The fraction of sp³-hybridized carbons (Fsp3) is 0. The number of rotatable bonds is 2. The van der Waals surface area contributed by atoms with E-state index in [1.165, 1.54) is 18.2 Å².